The molecule has 16 heavy (non-hydrogen) atoms. The van der Waals surface area contributed by atoms with Crippen LogP contribution in [0.25, 0.3) is 11.1 Å². The van der Waals surface area contributed by atoms with Crippen LogP contribution in [0, 0.1) is 0 Å². The topological polar surface area (TPSA) is 31.4 Å². The summed E-state index contributed by atoms with van der Waals surface area (Å²) in [6.07, 6.45) is 3.60. The molecule has 1 aromatic carbocycles. The molecule has 0 atom stereocenters. The lowest BCUT2D eigenvalue weighted by molar-refractivity contribution is 0.171. The van der Waals surface area contributed by atoms with E-state index < -0.39 is 0 Å². The van der Waals surface area contributed by atoms with E-state index in [2.05, 4.69) is 4.98 Å². The van der Waals surface area contributed by atoms with Crippen LogP contribution in [-0.4, -0.2) is 18.2 Å². The molecule has 1 aliphatic rings. The average molecular weight is 213 g/mol. The summed E-state index contributed by atoms with van der Waals surface area (Å²) in [6, 6.07) is 9.90. The number of benzene rings is 1. The first-order valence-corrected chi connectivity index (χ1v) is 5.23. The summed E-state index contributed by atoms with van der Waals surface area (Å²) in [5, 5.41) is 0. The minimum absolute atomic E-state index is 0.615. The number of hydrogen-bond donors (Lipinski definition) is 0. The average Bonchev–Trinajstić information content (AvgIpc) is 2.39. The van der Waals surface area contributed by atoms with Gasteiger partial charge in [0.2, 0.25) is 0 Å². The maximum Gasteiger partial charge on any atom is 0.161 e. The molecule has 0 saturated heterocycles. The van der Waals surface area contributed by atoms with Crippen molar-refractivity contribution < 1.29 is 9.47 Å². The van der Waals surface area contributed by atoms with Crippen LogP contribution in [0.4, 0.5) is 0 Å². The Balaban J connectivity index is 2.03. The lowest BCUT2D eigenvalue weighted by Crippen LogP contribution is -2.15. The zero-order chi connectivity index (χ0) is 10.8. The second kappa shape index (κ2) is 3.85. The molecule has 0 amide bonds. The van der Waals surface area contributed by atoms with Crippen LogP contribution in [0.2, 0.25) is 0 Å². The van der Waals surface area contributed by atoms with Gasteiger partial charge in [0.25, 0.3) is 0 Å². The summed E-state index contributed by atoms with van der Waals surface area (Å²) < 4.78 is 11.0. The summed E-state index contributed by atoms with van der Waals surface area (Å²) in [7, 11) is 0. The summed E-state index contributed by atoms with van der Waals surface area (Å²) in [5.41, 5.74) is 2.18. The van der Waals surface area contributed by atoms with E-state index in [1.54, 1.807) is 6.20 Å². The molecule has 0 saturated carbocycles. The van der Waals surface area contributed by atoms with Crippen LogP contribution in [0.15, 0.2) is 42.7 Å². The van der Waals surface area contributed by atoms with Crippen LogP contribution in [-0.2, 0) is 0 Å². The SMILES string of the molecule is c1cncc(-c2ccc3c(c2)OCCO3)c1. The van der Waals surface area contributed by atoms with E-state index in [1.165, 1.54) is 0 Å². The van der Waals surface area contributed by atoms with Crippen LogP contribution in [0.1, 0.15) is 0 Å². The summed E-state index contributed by atoms with van der Waals surface area (Å²) in [5.74, 6) is 1.63. The molecule has 1 aromatic heterocycles. The van der Waals surface area contributed by atoms with Crippen molar-refractivity contribution in [1.82, 2.24) is 4.98 Å². The van der Waals surface area contributed by atoms with Crippen LogP contribution >= 0.6 is 0 Å². The van der Waals surface area contributed by atoms with Crippen molar-refractivity contribution in [3.8, 4) is 22.6 Å². The Morgan fingerprint density at radius 3 is 2.62 bits per heavy atom. The van der Waals surface area contributed by atoms with Gasteiger partial charge in [-0.05, 0) is 23.8 Å². The van der Waals surface area contributed by atoms with Gasteiger partial charge in [-0.1, -0.05) is 12.1 Å². The van der Waals surface area contributed by atoms with Gasteiger partial charge in [-0.25, -0.2) is 0 Å². The minimum atomic E-state index is 0.615. The maximum atomic E-state index is 5.54. The third kappa shape index (κ3) is 1.60. The van der Waals surface area contributed by atoms with E-state index in [0.29, 0.717) is 13.2 Å². The Labute approximate surface area is 93.7 Å². The molecular formula is C13H11NO2. The smallest absolute Gasteiger partial charge is 0.161 e. The maximum absolute atomic E-state index is 5.54. The molecule has 0 N–H and O–H groups in total. The van der Waals surface area contributed by atoms with E-state index in [-0.39, 0.29) is 0 Å². The highest BCUT2D eigenvalue weighted by Crippen LogP contribution is 2.34. The quantitative estimate of drug-likeness (QED) is 0.729. The lowest BCUT2D eigenvalue weighted by Gasteiger charge is -2.18. The predicted octanol–water partition coefficient (Wildman–Crippen LogP) is 2.52. The highest BCUT2D eigenvalue weighted by molar-refractivity contribution is 5.66. The zero-order valence-corrected chi connectivity index (χ0v) is 8.72. The van der Waals surface area contributed by atoms with Crippen molar-refractivity contribution in [2.24, 2.45) is 0 Å². The van der Waals surface area contributed by atoms with Gasteiger partial charge < -0.3 is 9.47 Å². The molecule has 0 spiro atoms. The summed E-state index contributed by atoms with van der Waals surface area (Å²) in [6.45, 7) is 1.24. The number of aromatic nitrogens is 1. The Bertz CT molecular complexity index is 497. The number of ether oxygens (including phenoxy) is 2. The highest BCUT2D eigenvalue weighted by atomic mass is 16.6. The van der Waals surface area contributed by atoms with Gasteiger partial charge >= 0.3 is 0 Å². The fourth-order valence-corrected chi connectivity index (χ4v) is 1.76. The Morgan fingerprint density at radius 2 is 1.81 bits per heavy atom. The van der Waals surface area contributed by atoms with E-state index in [9.17, 15) is 0 Å². The Morgan fingerprint density at radius 1 is 0.938 bits per heavy atom. The van der Waals surface area contributed by atoms with Crippen molar-refractivity contribution in [3.05, 3.63) is 42.7 Å². The molecule has 0 fully saturated rings. The number of rotatable bonds is 1. The lowest BCUT2D eigenvalue weighted by atomic mass is 10.1. The standard InChI is InChI=1S/C13H11NO2/c1-2-11(9-14-5-1)10-3-4-12-13(8-10)16-7-6-15-12/h1-5,8-9H,6-7H2. The third-order valence-electron chi connectivity index (χ3n) is 2.54. The normalized spacial score (nSPS) is 13.5. The zero-order valence-electron chi connectivity index (χ0n) is 8.72. The van der Waals surface area contributed by atoms with Crippen molar-refractivity contribution in [1.29, 1.82) is 0 Å². The number of hydrogen-bond acceptors (Lipinski definition) is 3. The summed E-state index contributed by atoms with van der Waals surface area (Å²) >= 11 is 0. The largest absolute Gasteiger partial charge is 0.486 e. The van der Waals surface area contributed by atoms with Gasteiger partial charge in [0.05, 0.1) is 0 Å². The number of fused-ring (bicyclic) bond motifs is 1. The molecule has 0 unspecified atom stereocenters. The molecule has 80 valence electrons. The van der Waals surface area contributed by atoms with Crippen LogP contribution in [0.5, 0.6) is 11.5 Å². The van der Waals surface area contributed by atoms with Gasteiger partial charge in [0, 0.05) is 18.0 Å². The fourth-order valence-electron chi connectivity index (χ4n) is 1.76. The first-order chi connectivity index (χ1) is 7.93. The molecule has 0 aliphatic carbocycles. The monoisotopic (exact) mass is 213 g/mol. The van der Waals surface area contributed by atoms with Gasteiger partial charge in [-0.2, -0.15) is 0 Å². The highest BCUT2D eigenvalue weighted by Gasteiger charge is 2.11. The second-order valence-electron chi connectivity index (χ2n) is 3.60. The van der Waals surface area contributed by atoms with Crippen molar-refractivity contribution in [2.45, 2.75) is 0 Å². The Kier molecular flexibility index (Phi) is 2.22. The summed E-state index contributed by atoms with van der Waals surface area (Å²) in [4.78, 5) is 4.10. The second-order valence-corrected chi connectivity index (χ2v) is 3.60. The van der Waals surface area contributed by atoms with E-state index in [1.807, 2.05) is 36.5 Å². The van der Waals surface area contributed by atoms with Crippen LogP contribution < -0.4 is 9.47 Å². The molecular weight excluding hydrogens is 202 g/mol. The number of pyridine rings is 1. The molecule has 3 heteroatoms. The van der Waals surface area contributed by atoms with E-state index in [4.69, 9.17) is 9.47 Å². The molecule has 0 radical (unpaired) electrons. The molecule has 2 aromatic rings. The van der Waals surface area contributed by atoms with Gasteiger partial charge in [0.15, 0.2) is 11.5 Å². The van der Waals surface area contributed by atoms with Gasteiger partial charge in [0.1, 0.15) is 13.2 Å². The number of nitrogens with zero attached hydrogens (tertiary/aromatic N) is 1. The molecule has 1 aliphatic heterocycles. The van der Waals surface area contributed by atoms with Crippen molar-refractivity contribution in [3.63, 3.8) is 0 Å². The fraction of sp³-hybridized carbons (Fsp3) is 0.154. The molecule has 2 heterocycles. The molecule has 0 bridgehead atoms. The molecule has 3 rings (SSSR count). The third-order valence-corrected chi connectivity index (χ3v) is 2.54. The first kappa shape index (κ1) is 9.21. The molecule has 3 nitrogen and oxygen atoms in total. The van der Waals surface area contributed by atoms with Crippen LogP contribution in [0.3, 0.4) is 0 Å². The van der Waals surface area contributed by atoms with Crippen molar-refractivity contribution >= 4 is 0 Å². The van der Waals surface area contributed by atoms with Crippen molar-refractivity contribution in [2.75, 3.05) is 13.2 Å². The Hall–Kier alpha value is -2.03. The van der Waals surface area contributed by atoms with E-state index >= 15 is 0 Å². The van der Waals surface area contributed by atoms with Gasteiger partial charge in [-0.3, -0.25) is 4.98 Å². The first-order valence-electron chi connectivity index (χ1n) is 5.23. The minimum Gasteiger partial charge on any atom is -0.486 e. The predicted molar refractivity (Wildman–Crippen MR) is 60.7 cm³/mol. The van der Waals surface area contributed by atoms with Gasteiger partial charge in [-0.15, -0.1) is 0 Å². The van der Waals surface area contributed by atoms with E-state index in [0.717, 1.165) is 22.6 Å².